The minimum atomic E-state index is -4.55. The summed E-state index contributed by atoms with van der Waals surface area (Å²) in [4.78, 5) is 10.0. The average Bonchev–Trinajstić information content (AvgIpc) is 3.39. The van der Waals surface area contributed by atoms with E-state index in [1.54, 1.807) is 0 Å². The first-order valence-corrected chi connectivity index (χ1v) is 11.9. The van der Waals surface area contributed by atoms with Crippen LogP contribution in [0.2, 0.25) is 0 Å². The number of likely N-dealkylation sites (tertiary alicyclic amines) is 1. The summed E-state index contributed by atoms with van der Waals surface area (Å²) in [6.07, 6.45) is 0.584. The second kappa shape index (κ2) is 9.33. The highest BCUT2D eigenvalue weighted by atomic mass is 32.2. The summed E-state index contributed by atoms with van der Waals surface area (Å²) >= 11 is 0. The number of amidine groups is 1. The monoisotopic (exact) mass is 538 g/mol. The Morgan fingerprint density at radius 1 is 1.19 bits per heavy atom. The minimum Gasteiger partial charge on any atom is -0.378 e. The molecule has 0 N–H and O–H groups in total. The van der Waals surface area contributed by atoms with E-state index in [-0.39, 0.29) is 5.84 Å². The van der Waals surface area contributed by atoms with E-state index < -0.39 is 93.9 Å². The fourth-order valence-electron chi connectivity index (χ4n) is 3.99. The van der Waals surface area contributed by atoms with Crippen molar-refractivity contribution in [3.8, 4) is 11.1 Å². The third-order valence-corrected chi connectivity index (χ3v) is 6.49. The molecule has 1 aromatic carbocycles. The summed E-state index contributed by atoms with van der Waals surface area (Å²) in [6.45, 7) is -2.87. The molecule has 1 aromatic heterocycles. The molecule has 1 unspecified atom stereocenters. The molecule has 15 heteroatoms. The molecule has 0 aliphatic carbocycles. The van der Waals surface area contributed by atoms with Crippen LogP contribution in [-0.4, -0.2) is 62.0 Å². The largest absolute Gasteiger partial charge is 0.378 e. The van der Waals surface area contributed by atoms with Crippen molar-refractivity contribution < 1.29 is 44.0 Å². The van der Waals surface area contributed by atoms with E-state index in [0.29, 0.717) is 12.4 Å². The highest BCUT2D eigenvalue weighted by molar-refractivity contribution is 7.90. The van der Waals surface area contributed by atoms with Gasteiger partial charge in [0.1, 0.15) is 30.0 Å². The number of hydrogen-bond acceptors (Lipinski definition) is 6. The summed E-state index contributed by atoms with van der Waals surface area (Å²) in [5.41, 5.74) is -3.67. The third kappa shape index (κ3) is 4.75. The van der Waals surface area contributed by atoms with Crippen LogP contribution in [0.5, 0.6) is 0 Å². The molecule has 2 aromatic rings. The number of halogens is 7. The first-order valence-electron chi connectivity index (χ1n) is 10.3. The van der Waals surface area contributed by atoms with Crippen molar-refractivity contribution in [3.63, 3.8) is 0 Å². The van der Waals surface area contributed by atoms with E-state index in [2.05, 4.69) is 14.5 Å². The van der Waals surface area contributed by atoms with Gasteiger partial charge in [0, 0.05) is 18.3 Å². The Morgan fingerprint density at radius 3 is 2.53 bits per heavy atom. The van der Waals surface area contributed by atoms with Crippen LogP contribution in [0.25, 0.3) is 11.1 Å². The number of sulfonamides is 1. The molecular formula is C21H17F7N4O3S. The molecule has 0 radical (unpaired) electrons. The topological polar surface area (TPSA) is 84.2 Å². The maximum absolute atomic E-state index is 14.5. The fraction of sp³-hybridized carbons (Fsp3) is 0.381. The minimum absolute atomic E-state index is 0.192. The van der Waals surface area contributed by atoms with Crippen LogP contribution in [0, 0.1) is 23.4 Å². The van der Waals surface area contributed by atoms with Gasteiger partial charge in [-0.15, -0.1) is 0 Å². The lowest BCUT2D eigenvalue weighted by Crippen LogP contribution is -2.36. The van der Waals surface area contributed by atoms with Crippen molar-refractivity contribution in [2.45, 2.75) is 17.9 Å². The number of nitrogens with zero attached hydrogens (tertiary/aromatic N) is 4. The van der Waals surface area contributed by atoms with E-state index in [0.717, 1.165) is 29.2 Å². The standard InChI is InChI=1S/C21H17F7N4O3S/c22-9-20(19-14(4-13(24)7-29-19)18-15(25)2-1-3-16(18)26)5-17(31-35-20)32-8-12(21(27,28)10-32)6-30-36(33,34)11-23/h1-4,6-7,12H,5,8-11H2/t12?,20-/m1/s1. The van der Waals surface area contributed by atoms with Gasteiger partial charge < -0.3 is 9.74 Å². The van der Waals surface area contributed by atoms with E-state index in [1.807, 2.05) is 0 Å². The quantitative estimate of drug-likeness (QED) is 0.411. The number of oxime groups is 1. The lowest BCUT2D eigenvalue weighted by atomic mass is 9.89. The number of benzene rings is 1. The molecule has 2 aliphatic heterocycles. The molecule has 2 atom stereocenters. The number of pyridine rings is 1. The highest BCUT2D eigenvalue weighted by Gasteiger charge is 2.52. The van der Waals surface area contributed by atoms with Crippen molar-refractivity contribution in [1.29, 1.82) is 0 Å². The Labute approximate surface area is 200 Å². The van der Waals surface area contributed by atoms with Crippen molar-refractivity contribution in [3.05, 3.63) is 53.6 Å². The van der Waals surface area contributed by atoms with Gasteiger partial charge in [-0.2, -0.15) is 4.40 Å². The zero-order valence-electron chi connectivity index (χ0n) is 18.1. The molecule has 7 nitrogen and oxygen atoms in total. The lowest BCUT2D eigenvalue weighted by Gasteiger charge is -2.26. The van der Waals surface area contributed by atoms with Gasteiger partial charge in [-0.05, 0) is 18.2 Å². The molecule has 3 heterocycles. The van der Waals surface area contributed by atoms with Crippen LogP contribution < -0.4 is 0 Å². The maximum atomic E-state index is 14.5. The molecule has 0 spiro atoms. The Balaban J connectivity index is 1.65. The zero-order chi connectivity index (χ0) is 26.3. The molecular weight excluding hydrogens is 521 g/mol. The second-order valence-corrected chi connectivity index (χ2v) is 9.84. The Bertz CT molecular complexity index is 1320. The van der Waals surface area contributed by atoms with Gasteiger partial charge in [-0.1, -0.05) is 11.2 Å². The van der Waals surface area contributed by atoms with E-state index in [1.165, 1.54) is 0 Å². The summed E-state index contributed by atoms with van der Waals surface area (Å²) in [5.74, 6) is -8.58. The van der Waals surface area contributed by atoms with E-state index in [4.69, 9.17) is 4.84 Å². The second-order valence-electron chi connectivity index (χ2n) is 8.24. The van der Waals surface area contributed by atoms with Crippen molar-refractivity contribution >= 4 is 22.1 Å². The van der Waals surface area contributed by atoms with Gasteiger partial charge in [-0.3, -0.25) is 4.98 Å². The van der Waals surface area contributed by atoms with Gasteiger partial charge in [0.05, 0.1) is 36.3 Å². The van der Waals surface area contributed by atoms with Gasteiger partial charge in [0.2, 0.25) is 11.6 Å². The van der Waals surface area contributed by atoms with Gasteiger partial charge in [0.15, 0.2) is 0 Å². The van der Waals surface area contributed by atoms with Crippen LogP contribution in [0.1, 0.15) is 12.1 Å². The third-order valence-electron chi connectivity index (χ3n) is 5.77. The smallest absolute Gasteiger partial charge is 0.282 e. The molecule has 1 fully saturated rings. The molecule has 0 amide bonds. The zero-order valence-corrected chi connectivity index (χ0v) is 19.0. The summed E-state index contributed by atoms with van der Waals surface area (Å²) in [6, 6.07) is 1.77. The SMILES string of the molecule is O=S(=O)(CF)N=CC1CN(C2=NO[C@](CF)(c3ncc(F)cc3-c3c(F)cccc3F)C2)CC1(F)F. The van der Waals surface area contributed by atoms with Crippen LogP contribution in [0.15, 0.2) is 40.0 Å². The fourth-order valence-corrected chi connectivity index (χ4v) is 4.38. The maximum Gasteiger partial charge on any atom is 0.282 e. The first-order chi connectivity index (χ1) is 16.9. The number of rotatable bonds is 6. The summed E-state index contributed by atoms with van der Waals surface area (Å²) < 4.78 is 124. The molecule has 194 valence electrons. The van der Waals surface area contributed by atoms with Crippen LogP contribution in [0.4, 0.5) is 30.7 Å². The van der Waals surface area contributed by atoms with Crippen molar-refractivity contribution in [2.24, 2.45) is 15.5 Å². The van der Waals surface area contributed by atoms with Crippen LogP contribution >= 0.6 is 0 Å². The van der Waals surface area contributed by atoms with E-state index in [9.17, 15) is 39.2 Å². The van der Waals surface area contributed by atoms with Crippen molar-refractivity contribution in [1.82, 2.24) is 9.88 Å². The van der Waals surface area contributed by atoms with E-state index >= 15 is 0 Å². The van der Waals surface area contributed by atoms with Crippen molar-refractivity contribution in [2.75, 3.05) is 25.8 Å². The predicted molar refractivity (Wildman–Crippen MR) is 114 cm³/mol. The predicted octanol–water partition coefficient (Wildman–Crippen LogP) is 3.96. The Morgan fingerprint density at radius 2 is 1.89 bits per heavy atom. The lowest BCUT2D eigenvalue weighted by molar-refractivity contribution is -0.0435. The average molecular weight is 538 g/mol. The molecule has 36 heavy (non-hydrogen) atoms. The first kappa shape index (κ1) is 25.9. The Hall–Kier alpha value is -3.23. The number of alkyl halides is 4. The molecule has 0 saturated carbocycles. The van der Waals surface area contributed by atoms with Crippen LogP contribution in [-0.2, 0) is 20.5 Å². The molecule has 0 bridgehead atoms. The highest BCUT2D eigenvalue weighted by Crippen LogP contribution is 2.43. The molecule has 2 aliphatic rings. The number of hydrogen-bond donors (Lipinski definition) is 0. The number of aromatic nitrogens is 1. The van der Waals surface area contributed by atoms with Gasteiger partial charge in [-0.25, -0.2) is 39.2 Å². The normalized spacial score (nSPS) is 23.8. The molecule has 4 rings (SSSR count). The summed E-state index contributed by atoms with van der Waals surface area (Å²) in [5, 5.41) is 3.67. The molecule has 1 saturated heterocycles. The van der Waals surface area contributed by atoms with Crippen LogP contribution in [0.3, 0.4) is 0 Å². The Kier molecular flexibility index (Phi) is 6.70. The van der Waals surface area contributed by atoms with Gasteiger partial charge >= 0.3 is 0 Å². The van der Waals surface area contributed by atoms with Gasteiger partial charge in [0.25, 0.3) is 15.9 Å². The summed E-state index contributed by atoms with van der Waals surface area (Å²) in [7, 11) is -4.55.